The monoisotopic (exact) mass is 386 g/mol. The first-order valence-electron chi connectivity index (χ1n) is 8.82. The summed E-state index contributed by atoms with van der Waals surface area (Å²) in [7, 11) is 0. The van der Waals surface area contributed by atoms with E-state index in [4.69, 9.17) is 4.74 Å². The van der Waals surface area contributed by atoms with Crippen LogP contribution in [0.15, 0.2) is 41.2 Å². The summed E-state index contributed by atoms with van der Waals surface area (Å²) in [5, 5.41) is 9.15. The summed E-state index contributed by atoms with van der Waals surface area (Å²) in [4.78, 5) is 46.7. The van der Waals surface area contributed by atoms with Gasteiger partial charge in [0.15, 0.2) is 12.3 Å². The lowest BCUT2D eigenvalue weighted by Crippen LogP contribution is -2.26. The number of aromatic nitrogens is 2. The quantitative estimate of drug-likeness (QED) is 0.668. The maximum absolute atomic E-state index is 12.1. The van der Waals surface area contributed by atoms with Crippen molar-refractivity contribution in [2.24, 2.45) is 0 Å². The van der Waals surface area contributed by atoms with Crippen molar-refractivity contribution in [3.63, 3.8) is 0 Å². The fourth-order valence-electron chi connectivity index (χ4n) is 2.27. The zero-order valence-corrected chi connectivity index (χ0v) is 15.7. The van der Waals surface area contributed by atoms with Crippen LogP contribution in [0.1, 0.15) is 37.2 Å². The maximum atomic E-state index is 12.1. The van der Waals surface area contributed by atoms with Crippen molar-refractivity contribution >= 4 is 29.2 Å². The number of nitrogens with one attached hydrogen (secondary N) is 2. The van der Waals surface area contributed by atoms with Gasteiger partial charge in [-0.2, -0.15) is 5.10 Å². The van der Waals surface area contributed by atoms with E-state index in [9.17, 15) is 19.2 Å². The molecule has 0 unspecified atom stereocenters. The Kier molecular flexibility index (Phi) is 7.44. The van der Waals surface area contributed by atoms with Gasteiger partial charge in [-0.3, -0.25) is 14.4 Å². The molecular weight excluding hydrogens is 364 g/mol. The van der Waals surface area contributed by atoms with Crippen LogP contribution in [0.25, 0.3) is 0 Å². The summed E-state index contributed by atoms with van der Waals surface area (Å²) < 4.78 is 6.16. The lowest BCUT2D eigenvalue weighted by molar-refractivity contribution is -0.119. The predicted octanol–water partition coefficient (Wildman–Crippen LogP) is 1.80. The second kappa shape index (κ2) is 10.0. The molecule has 2 N–H and O–H groups in total. The maximum Gasteiger partial charge on any atom is 0.359 e. The molecule has 9 heteroatoms. The summed E-state index contributed by atoms with van der Waals surface area (Å²) in [5.74, 6) is -1.51. The van der Waals surface area contributed by atoms with Gasteiger partial charge in [0.2, 0.25) is 5.91 Å². The highest BCUT2D eigenvalue weighted by Crippen LogP contribution is 2.13. The summed E-state index contributed by atoms with van der Waals surface area (Å²) >= 11 is 0. The predicted molar refractivity (Wildman–Crippen MR) is 103 cm³/mol. The molecule has 0 saturated heterocycles. The fraction of sp³-hybridized carbons (Fsp3) is 0.316. The molecule has 0 spiro atoms. The van der Waals surface area contributed by atoms with Crippen molar-refractivity contribution in [1.29, 1.82) is 0 Å². The van der Waals surface area contributed by atoms with Gasteiger partial charge in [-0.15, -0.1) is 0 Å². The minimum absolute atomic E-state index is 0.0387. The summed E-state index contributed by atoms with van der Waals surface area (Å²) in [5.41, 5.74) is 0.746. The lowest BCUT2D eigenvalue weighted by atomic mass is 10.2. The van der Waals surface area contributed by atoms with Crippen LogP contribution in [0.3, 0.4) is 0 Å². The molecule has 2 rings (SSSR count). The number of hydrogen-bond acceptors (Lipinski definition) is 6. The fourth-order valence-corrected chi connectivity index (χ4v) is 2.27. The minimum atomic E-state index is -0.790. The number of ether oxygens (including phenoxy) is 1. The average molecular weight is 386 g/mol. The first-order chi connectivity index (χ1) is 13.4. The SMILES string of the molecule is CCCCn1nc(C(=O)OCC(=O)Nc2ccc(NC(C)=O)cc2)ccc1=O. The van der Waals surface area contributed by atoms with Gasteiger partial charge in [-0.25, -0.2) is 9.48 Å². The van der Waals surface area contributed by atoms with Gasteiger partial charge in [0, 0.05) is 30.9 Å². The minimum Gasteiger partial charge on any atom is -0.451 e. The van der Waals surface area contributed by atoms with Gasteiger partial charge in [-0.1, -0.05) is 13.3 Å². The number of hydrogen-bond donors (Lipinski definition) is 2. The summed E-state index contributed by atoms with van der Waals surface area (Å²) in [6.07, 6.45) is 1.64. The van der Waals surface area contributed by atoms with Gasteiger partial charge < -0.3 is 15.4 Å². The molecule has 9 nitrogen and oxygen atoms in total. The van der Waals surface area contributed by atoms with Gasteiger partial charge in [0.05, 0.1) is 0 Å². The average Bonchev–Trinajstić information content (AvgIpc) is 2.66. The third-order valence-electron chi connectivity index (χ3n) is 3.62. The standard InChI is InChI=1S/C19H22N4O5/c1-3-4-11-23-18(26)10-9-16(22-23)19(27)28-12-17(25)21-15-7-5-14(6-8-15)20-13(2)24/h5-10H,3-4,11-12H2,1-2H3,(H,20,24)(H,21,25). The number of amides is 2. The molecular formula is C19H22N4O5. The van der Waals surface area contributed by atoms with Gasteiger partial charge in [0.1, 0.15) is 0 Å². The Balaban J connectivity index is 1.89. The Morgan fingerprint density at radius 1 is 1.04 bits per heavy atom. The van der Waals surface area contributed by atoms with Gasteiger partial charge in [0.25, 0.3) is 11.5 Å². The number of carbonyl (C=O) groups is 3. The van der Waals surface area contributed by atoms with Crippen molar-refractivity contribution in [1.82, 2.24) is 9.78 Å². The first-order valence-corrected chi connectivity index (χ1v) is 8.82. The van der Waals surface area contributed by atoms with Crippen LogP contribution in [0.5, 0.6) is 0 Å². The van der Waals surface area contributed by atoms with Crippen LogP contribution in [0.4, 0.5) is 11.4 Å². The van der Waals surface area contributed by atoms with E-state index in [0.29, 0.717) is 17.9 Å². The number of aryl methyl sites for hydroxylation is 1. The smallest absolute Gasteiger partial charge is 0.359 e. The largest absolute Gasteiger partial charge is 0.451 e. The van der Waals surface area contributed by atoms with Crippen LogP contribution in [-0.2, 0) is 20.9 Å². The van der Waals surface area contributed by atoms with E-state index in [1.54, 1.807) is 24.3 Å². The number of anilines is 2. The highest BCUT2D eigenvalue weighted by atomic mass is 16.5. The number of esters is 1. The Labute approximate surface area is 161 Å². The number of nitrogens with zero attached hydrogens (tertiary/aromatic N) is 2. The van der Waals surface area contributed by atoms with Crippen LogP contribution in [0.2, 0.25) is 0 Å². The lowest BCUT2D eigenvalue weighted by Gasteiger charge is -2.08. The Bertz CT molecular complexity index is 905. The number of benzene rings is 1. The summed E-state index contributed by atoms with van der Waals surface area (Å²) in [6, 6.07) is 8.99. The number of carbonyl (C=O) groups excluding carboxylic acids is 3. The third-order valence-corrected chi connectivity index (χ3v) is 3.62. The second-order valence-corrected chi connectivity index (χ2v) is 6.02. The van der Waals surface area contributed by atoms with Crippen molar-refractivity contribution < 1.29 is 19.1 Å². The van der Waals surface area contributed by atoms with Crippen LogP contribution in [-0.4, -0.2) is 34.2 Å². The van der Waals surface area contributed by atoms with E-state index < -0.39 is 18.5 Å². The molecule has 0 bridgehead atoms. The van der Waals surface area contributed by atoms with E-state index in [0.717, 1.165) is 12.8 Å². The van der Waals surface area contributed by atoms with Crippen molar-refractivity contribution in [2.75, 3.05) is 17.2 Å². The molecule has 2 amide bonds. The zero-order valence-electron chi connectivity index (χ0n) is 15.7. The highest BCUT2D eigenvalue weighted by molar-refractivity contribution is 5.95. The first kappa shape index (κ1) is 20.8. The topological polar surface area (TPSA) is 119 Å². The molecule has 0 aliphatic carbocycles. The molecule has 0 aliphatic rings. The molecule has 2 aromatic rings. The van der Waals surface area contributed by atoms with Gasteiger partial charge >= 0.3 is 5.97 Å². The highest BCUT2D eigenvalue weighted by Gasteiger charge is 2.13. The Morgan fingerprint density at radius 3 is 2.29 bits per heavy atom. The van der Waals surface area contributed by atoms with E-state index >= 15 is 0 Å². The summed E-state index contributed by atoms with van der Waals surface area (Å²) in [6.45, 7) is 3.29. The molecule has 28 heavy (non-hydrogen) atoms. The molecule has 0 atom stereocenters. The van der Waals surface area contributed by atoms with Crippen LogP contribution in [0, 0.1) is 0 Å². The molecule has 1 heterocycles. The Hall–Kier alpha value is -3.49. The molecule has 148 valence electrons. The van der Waals surface area contributed by atoms with E-state index in [1.807, 2.05) is 6.92 Å². The van der Waals surface area contributed by atoms with E-state index in [2.05, 4.69) is 15.7 Å². The second-order valence-electron chi connectivity index (χ2n) is 6.02. The molecule has 1 aromatic heterocycles. The van der Waals surface area contributed by atoms with Crippen molar-refractivity contribution in [3.05, 3.63) is 52.4 Å². The van der Waals surface area contributed by atoms with E-state index in [1.165, 1.54) is 23.7 Å². The van der Waals surface area contributed by atoms with E-state index in [-0.39, 0.29) is 17.2 Å². The zero-order chi connectivity index (χ0) is 20.5. The van der Waals surface area contributed by atoms with Crippen molar-refractivity contribution in [2.45, 2.75) is 33.2 Å². The Morgan fingerprint density at radius 2 is 1.68 bits per heavy atom. The number of unbranched alkanes of at least 4 members (excludes halogenated alkanes) is 1. The van der Waals surface area contributed by atoms with Crippen LogP contribution >= 0.6 is 0 Å². The molecule has 0 saturated carbocycles. The molecule has 0 aliphatic heterocycles. The number of rotatable bonds is 8. The molecule has 0 radical (unpaired) electrons. The van der Waals surface area contributed by atoms with Crippen molar-refractivity contribution in [3.8, 4) is 0 Å². The molecule has 1 aromatic carbocycles. The van der Waals surface area contributed by atoms with Crippen LogP contribution < -0.4 is 16.2 Å². The third kappa shape index (κ3) is 6.35. The van der Waals surface area contributed by atoms with Gasteiger partial charge in [-0.05, 0) is 36.8 Å². The molecule has 0 fully saturated rings. The normalized spacial score (nSPS) is 10.2.